The number of nitrogens with two attached hydrogens (primary N) is 1. The normalized spacial score (nSPS) is 10.1. The molecule has 0 unspecified atom stereocenters. The molecule has 1 aromatic heterocycles. The lowest BCUT2D eigenvalue weighted by Crippen LogP contribution is -2.29. The van der Waals surface area contributed by atoms with Crippen molar-refractivity contribution in [2.45, 2.75) is 13.5 Å². The van der Waals surface area contributed by atoms with Gasteiger partial charge in [0.2, 0.25) is 0 Å². The summed E-state index contributed by atoms with van der Waals surface area (Å²) >= 11 is 5.81. The smallest absolute Gasteiger partial charge is 0.320 e. The number of nitrogen functional groups attached to an aromatic ring is 1. The van der Waals surface area contributed by atoms with E-state index in [1.165, 1.54) is 12.3 Å². The number of nitrogens with one attached hydrogen (secondary N) is 4. The number of hydrogen-bond donors (Lipinski definition) is 5. The maximum Gasteiger partial charge on any atom is 0.320 e. The van der Waals surface area contributed by atoms with Crippen LogP contribution >= 0.6 is 11.6 Å². The monoisotopic (exact) mass is 346 g/mol. The van der Waals surface area contributed by atoms with E-state index in [9.17, 15) is 4.79 Å². The van der Waals surface area contributed by atoms with Crippen LogP contribution in [0.3, 0.4) is 0 Å². The van der Waals surface area contributed by atoms with Crippen LogP contribution in [0, 0.1) is 5.41 Å². The minimum absolute atomic E-state index is 0.196. The average Bonchev–Trinajstić information content (AvgIpc) is 2.54. The molecule has 24 heavy (non-hydrogen) atoms. The van der Waals surface area contributed by atoms with E-state index in [4.69, 9.17) is 22.7 Å². The van der Waals surface area contributed by atoms with E-state index >= 15 is 0 Å². The van der Waals surface area contributed by atoms with Crippen molar-refractivity contribution < 1.29 is 4.79 Å². The van der Waals surface area contributed by atoms with Crippen LogP contribution in [0.1, 0.15) is 18.1 Å². The third-order valence-corrected chi connectivity index (χ3v) is 3.42. The average molecular weight is 347 g/mol. The summed E-state index contributed by atoms with van der Waals surface area (Å²) in [6.45, 7) is 2.87. The van der Waals surface area contributed by atoms with Crippen LogP contribution in [0.15, 0.2) is 36.5 Å². The molecule has 0 aliphatic carbocycles. The number of hydrogen-bond acceptors (Lipinski definition) is 4. The zero-order chi connectivity index (χ0) is 17.5. The molecule has 0 radical (unpaired) electrons. The molecule has 1 aromatic carbocycles. The van der Waals surface area contributed by atoms with Gasteiger partial charge in [0.25, 0.3) is 0 Å². The van der Waals surface area contributed by atoms with Crippen molar-refractivity contribution in [1.29, 1.82) is 5.41 Å². The number of anilines is 2. The van der Waals surface area contributed by atoms with Gasteiger partial charge in [-0.25, -0.2) is 9.78 Å². The molecule has 0 aliphatic heterocycles. The molecule has 0 aliphatic rings. The van der Waals surface area contributed by atoms with Crippen LogP contribution in [0.2, 0.25) is 5.02 Å². The van der Waals surface area contributed by atoms with Crippen LogP contribution in [0.5, 0.6) is 0 Å². The number of pyridine rings is 1. The van der Waals surface area contributed by atoms with Crippen LogP contribution in [0.25, 0.3) is 0 Å². The Hall–Kier alpha value is -2.80. The predicted molar refractivity (Wildman–Crippen MR) is 96.5 cm³/mol. The van der Waals surface area contributed by atoms with Crippen molar-refractivity contribution in [2.75, 3.05) is 17.6 Å². The van der Waals surface area contributed by atoms with Crippen molar-refractivity contribution in [3.05, 3.63) is 52.7 Å². The second-order valence-electron chi connectivity index (χ2n) is 5.00. The Labute approximate surface area is 145 Å². The number of carbonyl (C=O) groups excluding carboxylic acids is 1. The number of amides is 2. The third-order valence-electron chi connectivity index (χ3n) is 3.17. The molecule has 0 spiro atoms. The molecule has 0 atom stereocenters. The summed E-state index contributed by atoms with van der Waals surface area (Å²) in [6, 6.07) is 8.31. The Balaban J connectivity index is 1.93. The lowest BCUT2D eigenvalue weighted by Gasteiger charge is -2.11. The van der Waals surface area contributed by atoms with Gasteiger partial charge in [-0.05, 0) is 24.6 Å². The second-order valence-corrected chi connectivity index (χ2v) is 5.43. The zero-order valence-electron chi connectivity index (χ0n) is 13.2. The van der Waals surface area contributed by atoms with Gasteiger partial charge in [-0.1, -0.05) is 23.7 Å². The quantitative estimate of drug-likeness (QED) is 0.422. The Morgan fingerprint density at radius 1 is 1.29 bits per heavy atom. The Morgan fingerprint density at radius 3 is 2.62 bits per heavy atom. The molecule has 126 valence electrons. The molecule has 7 nitrogen and oxygen atoms in total. The van der Waals surface area contributed by atoms with Gasteiger partial charge in [0, 0.05) is 36.1 Å². The number of rotatable bonds is 5. The van der Waals surface area contributed by atoms with Gasteiger partial charge in [0.05, 0.1) is 5.56 Å². The molecule has 8 heteroatoms. The van der Waals surface area contributed by atoms with Gasteiger partial charge in [-0.15, -0.1) is 0 Å². The summed E-state index contributed by atoms with van der Waals surface area (Å²) in [7, 11) is 0. The van der Waals surface area contributed by atoms with Crippen molar-refractivity contribution in [3.8, 4) is 0 Å². The first kappa shape index (κ1) is 17.6. The van der Waals surface area contributed by atoms with Crippen molar-refractivity contribution in [3.63, 3.8) is 0 Å². The molecule has 0 saturated heterocycles. The molecular weight excluding hydrogens is 328 g/mol. The fourth-order valence-electron chi connectivity index (χ4n) is 1.97. The lowest BCUT2D eigenvalue weighted by molar-refractivity contribution is 0.251. The number of benzene rings is 1. The van der Waals surface area contributed by atoms with Gasteiger partial charge in [-0.3, -0.25) is 10.7 Å². The SMILES string of the molecule is CCNC(=N)c1cnc(NC(=O)NCc2ccc(Cl)cc2)cc1N. The van der Waals surface area contributed by atoms with Crippen LogP contribution in [0.4, 0.5) is 16.3 Å². The molecule has 1 heterocycles. The minimum Gasteiger partial charge on any atom is -0.398 e. The largest absolute Gasteiger partial charge is 0.398 e. The Morgan fingerprint density at radius 2 is 2.00 bits per heavy atom. The molecule has 2 aromatic rings. The maximum absolute atomic E-state index is 11.9. The summed E-state index contributed by atoms with van der Waals surface area (Å²) in [5.74, 6) is 0.510. The van der Waals surface area contributed by atoms with E-state index in [1.54, 1.807) is 12.1 Å². The van der Waals surface area contributed by atoms with Crippen LogP contribution < -0.4 is 21.7 Å². The molecule has 2 rings (SSSR count). The maximum atomic E-state index is 11.9. The molecular formula is C16H19ClN6O. The molecule has 0 bridgehead atoms. The Bertz CT molecular complexity index is 732. The van der Waals surface area contributed by atoms with Gasteiger partial charge in [-0.2, -0.15) is 0 Å². The standard InChI is InChI=1S/C16H19ClN6O/c1-2-20-15(19)12-9-21-14(7-13(12)18)23-16(24)22-8-10-3-5-11(17)6-4-10/h3-7,9H,2,8H2,1H3,(H2,19,20)(H4,18,21,22,23,24). The second kappa shape index (κ2) is 8.16. The first-order valence-electron chi connectivity index (χ1n) is 7.37. The summed E-state index contributed by atoms with van der Waals surface area (Å²) in [5, 5.41) is 16.6. The lowest BCUT2D eigenvalue weighted by atomic mass is 10.2. The van der Waals surface area contributed by atoms with Crippen LogP contribution in [-0.4, -0.2) is 23.4 Å². The van der Waals surface area contributed by atoms with E-state index < -0.39 is 6.03 Å². The first-order valence-corrected chi connectivity index (χ1v) is 7.75. The molecule has 2 amide bonds. The fraction of sp³-hybridized carbons (Fsp3) is 0.188. The number of nitrogens with zero attached hydrogens (tertiary/aromatic N) is 1. The third kappa shape index (κ3) is 4.85. The molecule has 0 saturated carbocycles. The van der Waals surface area contributed by atoms with E-state index in [2.05, 4.69) is 20.9 Å². The van der Waals surface area contributed by atoms with Gasteiger partial charge in [0.15, 0.2) is 0 Å². The summed E-state index contributed by atoms with van der Waals surface area (Å²) < 4.78 is 0. The molecule has 6 N–H and O–H groups in total. The van der Waals surface area contributed by atoms with E-state index in [1.807, 2.05) is 19.1 Å². The van der Waals surface area contributed by atoms with Gasteiger partial charge < -0.3 is 16.4 Å². The van der Waals surface area contributed by atoms with Crippen molar-refractivity contribution in [1.82, 2.24) is 15.6 Å². The highest BCUT2D eigenvalue weighted by molar-refractivity contribution is 6.30. The zero-order valence-corrected chi connectivity index (χ0v) is 13.9. The highest BCUT2D eigenvalue weighted by Crippen LogP contribution is 2.15. The summed E-state index contributed by atoms with van der Waals surface area (Å²) in [6.07, 6.45) is 1.45. The van der Waals surface area contributed by atoms with E-state index in [-0.39, 0.29) is 5.84 Å². The van der Waals surface area contributed by atoms with Gasteiger partial charge in [0.1, 0.15) is 11.7 Å². The Kier molecular flexibility index (Phi) is 5.97. The van der Waals surface area contributed by atoms with E-state index in [0.717, 1.165) is 5.56 Å². The van der Waals surface area contributed by atoms with E-state index in [0.29, 0.717) is 35.2 Å². The minimum atomic E-state index is -0.397. The number of urea groups is 1. The summed E-state index contributed by atoms with van der Waals surface area (Å²) in [4.78, 5) is 16.0. The highest BCUT2D eigenvalue weighted by atomic mass is 35.5. The number of carbonyl (C=O) groups is 1. The number of aromatic nitrogens is 1. The van der Waals surface area contributed by atoms with Crippen LogP contribution in [-0.2, 0) is 6.54 Å². The first-order chi connectivity index (χ1) is 11.5. The van der Waals surface area contributed by atoms with Crippen molar-refractivity contribution >= 4 is 35.0 Å². The van der Waals surface area contributed by atoms with Crippen molar-refractivity contribution in [2.24, 2.45) is 0 Å². The van der Waals surface area contributed by atoms with Gasteiger partial charge >= 0.3 is 6.03 Å². The number of halogens is 1. The molecule has 0 fully saturated rings. The number of amidine groups is 1. The predicted octanol–water partition coefficient (Wildman–Crippen LogP) is 2.57. The highest BCUT2D eigenvalue weighted by Gasteiger charge is 2.09. The fourth-order valence-corrected chi connectivity index (χ4v) is 2.09. The summed E-state index contributed by atoms with van der Waals surface area (Å²) in [5.41, 5.74) is 7.68. The topological polar surface area (TPSA) is 116 Å².